The molecule has 2 aliphatic rings. The van der Waals surface area contributed by atoms with E-state index in [9.17, 15) is 0 Å². The van der Waals surface area contributed by atoms with Crippen LogP contribution in [0.3, 0.4) is 0 Å². The molecule has 0 radical (unpaired) electrons. The highest BCUT2D eigenvalue weighted by molar-refractivity contribution is 5.27. The quantitative estimate of drug-likeness (QED) is 0.766. The van der Waals surface area contributed by atoms with Crippen molar-refractivity contribution >= 4 is 0 Å². The molecule has 2 nitrogen and oxygen atoms in total. The number of rotatable bonds is 4. The van der Waals surface area contributed by atoms with E-state index in [-0.39, 0.29) is 17.3 Å². The van der Waals surface area contributed by atoms with Crippen molar-refractivity contribution in [3.8, 4) is 0 Å². The minimum atomic E-state index is -0.251. The molecule has 2 heterocycles. The number of fused-ring (bicyclic) bond motifs is 2. The van der Waals surface area contributed by atoms with Crippen LogP contribution in [0.1, 0.15) is 32.8 Å². The van der Waals surface area contributed by atoms with Gasteiger partial charge in [0.15, 0.2) is 0 Å². The highest BCUT2D eigenvalue weighted by Gasteiger charge is 2.57. The van der Waals surface area contributed by atoms with Crippen molar-refractivity contribution in [2.45, 2.75) is 51.1 Å². The molecule has 0 N–H and O–H groups in total. The molecular formula is C17H22O2. The largest absolute Gasteiger partial charge is 0.370 e. The van der Waals surface area contributed by atoms with Crippen LogP contribution in [0.15, 0.2) is 42.5 Å². The lowest BCUT2D eigenvalue weighted by Crippen LogP contribution is -2.35. The number of hydrogen-bond acceptors (Lipinski definition) is 2. The molecule has 2 bridgehead atoms. The zero-order chi connectivity index (χ0) is 13.5. The minimum absolute atomic E-state index is 0.115. The van der Waals surface area contributed by atoms with Crippen LogP contribution < -0.4 is 0 Å². The van der Waals surface area contributed by atoms with E-state index in [4.69, 9.17) is 9.47 Å². The summed E-state index contributed by atoms with van der Waals surface area (Å²) in [6.07, 6.45) is 5.54. The molecule has 0 aromatic heterocycles. The highest BCUT2D eigenvalue weighted by Crippen LogP contribution is 2.50. The Morgan fingerprint density at radius 3 is 2.63 bits per heavy atom. The molecule has 0 amide bonds. The van der Waals surface area contributed by atoms with Crippen LogP contribution in [0.25, 0.3) is 0 Å². The van der Waals surface area contributed by atoms with E-state index in [1.54, 1.807) is 0 Å². The zero-order valence-electron chi connectivity index (χ0n) is 11.9. The molecule has 0 unspecified atom stereocenters. The van der Waals surface area contributed by atoms with Gasteiger partial charge >= 0.3 is 0 Å². The molecule has 2 aliphatic heterocycles. The van der Waals surface area contributed by atoms with Gasteiger partial charge in [-0.25, -0.2) is 0 Å². The van der Waals surface area contributed by atoms with Gasteiger partial charge in [0, 0.05) is 6.42 Å². The van der Waals surface area contributed by atoms with Crippen LogP contribution in [0, 0.1) is 5.92 Å². The van der Waals surface area contributed by atoms with Crippen molar-refractivity contribution in [3.05, 3.63) is 48.0 Å². The Balaban J connectivity index is 1.69. The molecular weight excluding hydrogens is 236 g/mol. The van der Waals surface area contributed by atoms with Gasteiger partial charge in [0.05, 0.1) is 18.3 Å². The van der Waals surface area contributed by atoms with E-state index in [1.807, 2.05) is 18.2 Å². The molecule has 1 fully saturated rings. The van der Waals surface area contributed by atoms with Crippen molar-refractivity contribution < 1.29 is 9.47 Å². The van der Waals surface area contributed by atoms with Crippen LogP contribution in [0.4, 0.5) is 0 Å². The summed E-state index contributed by atoms with van der Waals surface area (Å²) in [6, 6.07) is 10.3. The summed E-state index contributed by atoms with van der Waals surface area (Å²) in [5.74, 6) is 0.482. The first-order chi connectivity index (χ1) is 9.04. The third kappa shape index (κ3) is 2.13. The lowest BCUT2D eigenvalue weighted by Gasteiger charge is -2.27. The van der Waals surface area contributed by atoms with Crippen LogP contribution >= 0.6 is 0 Å². The second-order valence-electron chi connectivity index (χ2n) is 6.22. The lowest BCUT2D eigenvalue weighted by molar-refractivity contribution is -0.0820. The fourth-order valence-electron chi connectivity index (χ4n) is 3.10. The van der Waals surface area contributed by atoms with Gasteiger partial charge in [-0.15, -0.1) is 0 Å². The number of benzene rings is 1. The Bertz CT molecular complexity index is 479. The van der Waals surface area contributed by atoms with Crippen LogP contribution in [-0.2, 0) is 16.1 Å². The van der Waals surface area contributed by atoms with Crippen molar-refractivity contribution in [3.63, 3.8) is 0 Å². The first kappa shape index (κ1) is 12.9. The van der Waals surface area contributed by atoms with Gasteiger partial charge in [0.1, 0.15) is 5.60 Å². The van der Waals surface area contributed by atoms with Gasteiger partial charge < -0.3 is 9.47 Å². The monoisotopic (exact) mass is 258 g/mol. The van der Waals surface area contributed by atoms with Gasteiger partial charge in [-0.2, -0.15) is 0 Å². The maximum Gasteiger partial charge on any atom is 0.111 e. The van der Waals surface area contributed by atoms with Crippen molar-refractivity contribution in [2.24, 2.45) is 5.92 Å². The molecule has 19 heavy (non-hydrogen) atoms. The van der Waals surface area contributed by atoms with E-state index >= 15 is 0 Å². The summed E-state index contributed by atoms with van der Waals surface area (Å²) < 4.78 is 12.4. The van der Waals surface area contributed by atoms with Gasteiger partial charge in [-0.1, -0.05) is 56.3 Å². The Labute approximate surface area is 115 Å². The Hall–Kier alpha value is -1.12. The summed E-state index contributed by atoms with van der Waals surface area (Å²) in [7, 11) is 0. The normalized spacial score (nSPS) is 36.3. The van der Waals surface area contributed by atoms with E-state index in [2.05, 4.69) is 45.1 Å². The highest BCUT2D eigenvalue weighted by atomic mass is 16.6. The molecule has 0 aliphatic carbocycles. The van der Waals surface area contributed by atoms with Gasteiger partial charge in [-0.05, 0) is 18.4 Å². The first-order valence-electron chi connectivity index (χ1n) is 7.10. The predicted molar refractivity (Wildman–Crippen MR) is 75.8 cm³/mol. The van der Waals surface area contributed by atoms with Crippen molar-refractivity contribution in [2.75, 3.05) is 0 Å². The van der Waals surface area contributed by atoms with E-state index in [0.29, 0.717) is 12.5 Å². The van der Waals surface area contributed by atoms with E-state index in [0.717, 1.165) is 6.42 Å². The van der Waals surface area contributed by atoms with E-state index < -0.39 is 0 Å². The lowest BCUT2D eigenvalue weighted by atomic mass is 9.81. The van der Waals surface area contributed by atoms with Crippen LogP contribution in [-0.4, -0.2) is 17.3 Å². The summed E-state index contributed by atoms with van der Waals surface area (Å²) in [5, 5.41) is 0. The van der Waals surface area contributed by atoms with E-state index in [1.165, 1.54) is 5.56 Å². The molecule has 3 atom stereocenters. The predicted octanol–water partition coefficient (Wildman–Crippen LogP) is 3.72. The van der Waals surface area contributed by atoms with Crippen LogP contribution in [0.5, 0.6) is 0 Å². The topological polar surface area (TPSA) is 18.5 Å². The molecule has 1 aromatic carbocycles. The molecule has 1 aromatic rings. The Kier molecular flexibility index (Phi) is 3.03. The second-order valence-corrected chi connectivity index (χ2v) is 6.22. The average Bonchev–Trinajstić information content (AvgIpc) is 2.90. The smallest absolute Gasteiger partial charge is 0.111 e. The third-order valence-electron chi connectivity index (χ3n) is 4.52. The Morgan fingerprint density at radius 2 is 2.00 bits per heavy atom. The molecule has 0 saturated carbocycles. The fraction of sp³-hybridized carbons (Fsp3) is 0.529. The summed E-state index contributed by atoms with van der Waals surface area (Å²) in [6.45, 7) is 7.23. The molecule has 3 rings (SSSR count). The van der Waals surface area contributed by atoms with Gasteiger partial charge in [0.2, 0.25) is 0 Å². The fourth-order valence-corrected chi connectivity index (χ4v) is 3.10. The number of hydrogen-bond donors (Lipinski definition) is 0. The van der Waals surface area contributed by atoms with Crippen molar-refractivity contribution in [1.29, 1.82) is 0 Å². The summed E-state index contributed by atoms with van der Waals surface area (Å²) in [5.41, 5.74) is 0.853. The minimum Gasteiger partial charge on any atom is -0.370 e. The zero-order valence-corrected chi connectivity index (χ0v) is 11.9. The molecule has 1 saturated heterocycles. The van der Waals surface area contributed by atoms with Crippen LogP contribution in [0.2, 0.25) is 0 Å². The number of ether oxygens (including phenoxy) is 2. The Morgan fingerprint density at radius 1 is 1.26 bits per heavy atom. The maximum atomic E-state index is 6.27. The molecule has 2 heteroatoms. The average molecular weight is 258 g/mol. The first-order valence-corrected chi connectivity index (χ1v) is 7.10. The SMILES string of the molecule is CC(C)[C@]12C=C[C@](C)(O1)[C@H](OCc1ccccc1)C2. The summed E-state index contributed by atoms with van der Waals surface area (Å²) >= 11 is 0. The van der Waals surface area contributed by atoms with Crippen molar-refractivity contribution in [1.82, 2.24) is 0 Å². The molecule has 102 valence electrons. The van der Waals surface area contributed by atoms with Gasteiger partial charge in [0.25, 0.3) is 0 Å². The molecule has 0 spiro atoms. The maximum absolute atomic E-state index is 6.27. The van der Waals surface area contributed by atoms with Gasteiger partial charge in [-0.3, -0.25) is 0 Å². The summed E-state index contributed by atoms with van der Waals surface area (Å²) in [4.78, 5) is 0. The third-order valence-corrected chi connectivity index (χ3v) is 4.52. The second kappa shape index (κ2) is 4.46. The standard InChI is InChI=1S/C17H22O2/c1-13(2)17-10-9-16(3,19-17)15(11-17)18-12-14-7-5-4-6-8-14/h4-10,13,15H,11-12H2,1-3H3/t15-,16+,17-/m1/s1.